The molecule has 1 amide bonds. The molecule has 3 nitrogen and oxygen atoms in total. The standard InChI is InChI=1S/C22H24N2O/c1-3-15-23(16-4-2)17-22(25)24-20-11-7-5-9-18(20)13-14-19-10-6-8-12-21(19)24/h3-12H,1-2,13-17H2. The average Bonchev–Trinajstić information content (AvgIpc) is 2.79. The van der Waals surface area contributed by atoms with Gasteiger partial charge in [0, 0.05) is 13.1 Å². The zero-order valence-corrected chi connectivity index (χ0v) is 14.5. The second-order valence-electron chi connectivity index (χ2n) is 6.26. The van der Waals surface area contributed by atoms with Crippen molar-refractivity contribution in [1.29, 1.82) is 0 Å². The van der Waals surface area contributed by atoms with Crippen molar-refractivity contribution in [3.8, 4) is 0 Å². The number of carbonyl (C=O) groups excluding carboxylic acids is 1. The summed E-state index contributed by atoms with van der Waals surface area (Å²) in [5.74, 6) is 0.0745. The first kappa shape index (κ1) is 17.2. The van der Waals surface area contributed by atoms with E-state index in [0.29, 0.717) is 19.6 Å². The Morgan fingerprint density at radius 2 is 1.40 bits per heavy atom. The van der Waals surface area contributed by atoms with Crippen LogP contribution in [0.5, 0.6) is 0 Å². The minimum absolute atomic E-state index is 0.0745. The van der Waals surface area contributed by atoms with Crippen LogP contribution in [0.15, 0.2) is 73.8 Å². The first-order valence-corrected chi connectivity index (χ1v) is 8.67. The van der Waals surface area contributed by atoms with Gasteiger partial charge < -0.3 is 0 Å². The summed E-state index contributed by atoms with van der Waals surface area (Å²) in [4.78, 5) is 17.2. The normalized spacial score (nSPS) is 12.9. The van der Waals surface area contributed by atoms with E-state index < -0.39 is 0 Å². The van der Waals surface area contributed by atoms with Crippen LogP contribution in [0.4, 0.5) is 11.4 Å². The topological polar surface area (TPSA) is 23.6 Å². The Morgan fingerprint density at radius 1 is 0.920 bits per heavy atom. The molecule has 2 aromatic carbocycles. The van der Waals surface area contributed by atoms with Crippen molar-refractivity contribution in [3.05, 3.63) is 85.0 Å². The van der Waals surface area contributed by atoms with Crippen LogP contribution in [0.25, 0.3) is 0 Å². The van der Waals surface area contributed by atoms with Crippen molar-refractivity contribution in [3.63, 3.8) is 0 Å². The Kier molecular flexibility index (Phi) is 5.46. The van der Waals surface area contributed by atoms with Gasteiger partial charge in [-0.3, -0.25) is 14.6 Å². The maximum Gasteiger partial charge on any atom is 0.245 e. The largest absolute Gasteiger partial charge is 0.287 e. The first-order valence-electron chi connectivity index (χ1n) is 8.67. The molecule has 0 radical (unpaired) electrons. The van der Waals surface area contributed by atoms with E-state index in [2.05, 4.69) is 25.3 Å². The van der Waals surface area contributed by atoms with E-state index in [4.69, 9.17) is 0 Å². The van der Waals surface area contributed by atoms with Crippen molar-refractivity contribution in [2.45, 2.75) is 12.8 Å². The van der Waals surface area contributed by atoms with Crippen molar-refractivity contribution in [2.75, 3.05) is 24.5 Å². The van der Waals surface area contributed by atoms with Gasteiger partial charge in [-0.1, -0.05) is 48.6 Å². The van der Waals surface area contributed by atoms with Gasteiger partial charge in [-0.25, -0.2) is 0 Å². The van der Waals surface area contributed by atoms with E-state index >= 15 is 0 Å². The number of nitrogens with zero attached hydrogens (tertiary/aromatic N) is 2. The lowest BCUT2D eigenvalue weighted by atomic mass is 10.0. The zero-order chi connectivity index (χ0) is 17.6. The highest BCUT2D eigenvalue weighted by molar-refractivity contribution is 6.03. The lowest BCUT2D eigenvalue weighted by Gasteiger charge is -2.28. The second kappa shape index (κ2) is 7.95. The Morgan fingerprint density at radius 3 is 1.88 bits per heavy atom. The van der Waals surface area contributed by atoms with Crippen LogP contribution in [0.1, 0.15) is 11.1 Å². The summed E-state index contributed by atoms with van der Waals surface area (Å²) in [5.41, 5.74) is 4.42. The van der Waals surface area contributed by atoms with Gasteiger partial charge >= 0.3 is 0 Å². The third kappa shape index (κ3) is 3.72. The van der Waals surface area contributed by atoms with E-state index in [1.54, 1.807) is 0 Å². The summed E-state index contributed by atoms with van der Waals surface area (Å²) in [6, 6.07) is 16.4. The van der Waals surface area contributed by atoms with Crippen molar-refractivity contribution in [1.82, 2.24) is 4.90 Å². The van der Waals surface area contributed by atoms with E-state index in [1.165, 1.54) is 11.1 Å². The number of hydrogen-bond donors (Lipinski definition) is 0. The van der Waals surface area contributed by atoms with Gasteiger partial charge in [-0.05, 0) is 36.1 Å². The minimum Gasteiger partial charge on any atom is -0.287 e. The molecule has 3 heteroatoms. The molecule has 0 bridgehead atoms. The molecule has 0 N–H and O–H groups in total. The Bertz CT molecular complexity index is 724. The molecule has 0 unspecified atom stereocenters. The third-order valence-corrected chi connectivity index (χ3v) is 4.51. The molecule has 0 saturated heterocycles. The molecule has 1 heterocycles. The van der Waals surface area contributed by atoms with E-state index in [1.807, 2.05) is 58.4 Å². The molecule has 1 aliphatic heterocycles. The fraction of sp³-hybridized carbons (Fsp3) is 0.227. The smallest absolute Gasteiger partial charge is 0.245 e. The molecule has 3 rings (SSSR count). The molecule has 0 saturated carbocycles. The lowest BCUT2D eigenvalue weighted by molar-refractivity contribution is -0.118. The van der Waals surface area contributed by atoms with E-state index in [9.17, 15) is 4.79 Å². The highest BCUT2D eigenvalue weighted by Gasteiger charge is 2.26. The number of carbonyl (C=O) groups is 1. The predicted octanol–water partition coefficient (Wildman–Crippen LogP) is 4.12. The van der Waals surface area contributed by atoms with Crippen LogP contribution in [0.3, 0.4) is 0 Å². The highest BCUT2D eigenvalue weighted by atomic mass is 16.2. The summed E-state index contributed by atoms with van der Waals surface area (Å²) in [6.07, 6.45) is 5.53. The van der Waals surface area contributed by atoms with Gasteiger partial charge in [0.2, 0.25) is 5.91 Å². The number of para-hydroxylation sites is 2. The van der Waals surface area contributed by atoms with Crippen LogP contribution >= 0.6 is 0 Å². The molecular weight excluding hydrogens is 308 g/mol. The van der Waals surface area contributed by atoms with Crippen LogP contribution in [-0.2, 0) is 17.6 Å². The molecule has 0 aliphatic carbocycles. The molecule has 128 valence electrons. The van der Waals surface area contributed by atoms with Crippen molar-refractivity contribution in [2.24, 2.45) is 0 Å². The third-order valence-electron chi connectivity index (χ3n) is 4.51. The second-order valence-corrected chi connectivity index (χ2v) is 6.26. The first-order chi connectivity index (χ1) is 12.2. The Balaban J connectivity index is 2.00. The van der Waals surface area contributed by atoms with Gasteiger partial charge in [0.05, 0.1) is 17.9 Å². The maximum atomic E-state index is 13.3. The molecule has 25 heavy (non-hydrogen) atoms. The molecule has 0 atom stereocenters. The molecule has 0 aromatic heterocycles. The molecule has 0 spiro atoms. The number of amides is 1. The summed E-state index contributed by atoms with van der Waals surface area (Å²) in [5, 5.41) is 0. The molecular formula is C22H24N2O. The molecule has 2 aromatic rings. The zero-order valence-electron chi connectivity index (χ0n) is 14.5. The molecule has 1 aliphatic rings. The maximum absolute atomic E-state index is 13.3. The van der Waals surface area contributed by atoms with E-state index in [0.717, 1.165) is 24.2 Å². The number of fused-ring (bicyclic) bond motifs is 2. The number of hydrogen-bond acceptors (Lipinski definition) is 2. The minimum atomic E-state index is 0.0745. The van der Waals surface area contributed by atoms with E-state index in [-0.39, 0.29) is 5.91 Å². The Labute approximate surface area is 149 Å². The Hall–Kier alpha value is -2.65. The quantitative estimate of drug-likeness (QED) is 0.743. The number of rotatable bonds is 6. The number of anilines is 2. The monoisotopic (exact) mass is 332 g/mol. The van der Waals surface area contributed by atoms with Crippen LogP contribution in [0.2, 0.25) is 0 Å². The van der Waals surface area contributed by atoms with Crippen molar-refractivity contribution < 1.29 is 4.79 Å². The highest BCUT2D eigenvalue weighted by Crippen LogP contribution is 2.36. The van der Waals surface area contributed by atoms with Gasteiger partial charge in [0.25, 0.3) is 0 Å². The SMILES string of the molecule is C=CCN(CC=C)CC(=O)N1c2ccccc2CCc2ccccc21. The molecule has 0 fully saturated rings. The fourth-order valence-electron chi connectivity index (χ4n) is 3.38. The summed E-state index contributed by atoms with van der Waals surface area (Å²) >= 11 is 0. The number of aryl methyl sites for hydroxylation is 2. The van der Waals surface area contributed by atoms with Crippen LogP contribution in [0, 0.1) is 0 Å². The van der Waals surface area contributed by atoms with Gasteiger partial charge in [0.1, 0.15) is 0 Å². The lowest BCUT2D eigenvalue weighted by Crippen LogP contribution is -2.38. The fourth-order valence-corrected chi connectivity index (χ4v) is 3.38. The van der Waals surface area contributed by atoms with Crippen molar-refractivity contribution >= 4 is 17.3 Å². The van der Waals surface area contributed by atoms with Gasteiger partial charge in [0.15, 0.2) is 0 Å². The number of benzene rings is 2. The van der Waals surface area contributed by atoms with Crippen LogP contribution in [-0.4, -0.2) is 30.4 Å². The summed E-state index contributed by atoms with van der Waals surface area (Å²) in [7, 11) is 0. The van der Waals surface area contributed by atoms with Crippen LogP contribution < -0.4 is 4.90 Å². The summed E-state index contributed by atoms with van der Waals surface area (Å²) < 4.78 is 0. The predicted molar refractivity (Wildman–Crippen MR) is 104 cm³/mol. The van der Waals surface area contributed by atoms with Gasteiger partial charge in [-0.15, -0.1) is 13.2 Å². The average molecular weight is 332 g/mol. The summed E-state index contributed by atoms with van der Waals surface area (Å²) in [6.45, 7) is 9.23. The van der Waals surface area contributed by atoms with Gasteiger partial charge in [-0.2, -0.15) is 0 Å².